The molecule has 0 aliphatic carbocycles. The van der Waals surface area contributed by atoms with E-state index >= 15 is 0 Å². The van der Waals surface area contributed by atoms with E-state index < -0.39 is 0 Å². The second-order valence-corrected chi connectivity index (χ2v) is 2.35. The fourth-order valence-corrected chi connectivity index (χ4v) is 0.836. The van der Waals surface area contributed by atoms with Gasteiger partial charge in [-0.25, -0.2) is 9.98 Å². The smallest absolute Gasteiger partial charge is 0.155 e. The van der Waals surface area contributed by atoms with Gasteiger partial charge in [-0.1, -0.05) is 30.9 Å². The zero-order valence-electron chi connectivity index (χ0n) is 7.70. The predicted octanol–water partition coefficient (Wildman–Crippen LogP) is 2.97. The van der Waals surface area contributed by atoms with Crippen LogP contribution in [0, 0.1) is 0 Å². The number of allylic oxidation sites excluding steroid dienone is 3. The lowest BCUT2D eigenvalue weighted by Crippen LogP contribution is -1.96. The van der Waals surface area contributed by atoms with Crippen molar-refractivity contribution in [1.29, 1.82) is 0 Å². The van der Waals surface area contributed by atoms with E-state index in [1.54, 1.807) is 6.08 Å². The standard InChI is InChI=1S/C10H13ClN2/c1-4-6-7-9(5-2)10(12-3)13-8-11/h4-7H,2-3,8H2,1H3/b6-4-,9-7+,13-10-. The Morgan fingerprint density at radius 1 is 1.54 bits per heavy atom. The number of halogens is 1. The van der Waals surface area contributed by atoms with Gasteiger partial charge in [0.2, 0.25) is 0 Å². The van der Waals surface area contributed by atoms with Crippen LogP contribution in [0.5, 0.6) is 0 Å². The third kappa shape index (κ3) is 4.43. The molecule has 0 saturated heterocycles. The number of alkyl halides is 1. The van der Waals surface area contributed by atoms with Crippen LogP contribution in [0.4, 0.5) is 0 Å². The van der Waals surface area contributed by atoms with Crippen molar-refractivity contribution in [2.24, 2.45) is 9.98 Å². The van der Waals surface area contributed by atoms with Crippen molar-refractivity contribution in [1.82, 2.24) is 0 Å². The normalized spacial score (nSPS) is 13.4. The van der Waals surface area contributed by atoms with Crippen LogP contribution in [0.25, 0.3) is 0 Å². The molecule has 0 aromatic heterocycles. The molecule has 3 heteroatoms. The highest BCUT2D eigenvalue weighted by Gasteiger charge is 1.97. The molecule has 0 radical (unpaired) electrons. The van der Waals surface area contributed by atoms with Gasteiger partial charge in [0.1, 0.15) is 6.00 Å². The molecule has 0 spiro atoms. The van der Waals surface area contributed by atoms with Crippen LogP contribution in [0.1, 0.15) is 6.92 Å². The van der Waals surface area contributed by atoms with Crippen LogP contribution in [0.15, 0.2) is 46.4 Å². The molecule has 0 amide bonds. The van der Waals surface area contributed by atoms with E-state index in [9.17, 15) is 0 Å². The van der Waals surface area contributed by atoms with Crippen molar-refractivity contribution in [3.63, 3.8) is 0 Å². The topological polar surface area (TPSA) is 24.7 Å². The summed E-state index contributed by atoms with van der Waals surface area (Å²) in [5.74, 6) is 0.517. The van der Waals surface area contributed by atoms with Crippen molar-refractivity contribution < 1.29 is 0 Å². The van der Waals surface area contributed by atoms with Gasteiger partial charge in [-0.05, 0) is 13.6 Å². The lowest BCUT2D eigenvalue weighted by Gasteiger charge is -1.98. The minimum Gasteiger partial charge on any atom is -0.250 e. The van der Waals surface area contributed by atoms with Crippen molar-refractivity contribution in [2.45, 2.75) is 6.92 Å². The largest absolute Gasteiger partial charge is 0.250 e. The molecule has 0 bridgehead atoms. The fraction of sp³-hybridized carbons (Fsp3) is 0.200. The number of amidine groups is 1. The SMILES string of the molecule is C=CC(=C\C=C/C)/C(N=C)=N/CCl. The van der Waals surface area contributed by atoms with Crippen molar-refractivity contribution in [3.8, 4) is 0 Å². The van der Waals surface area contributed by atoms with E-state index in [4.69, 9.17) is 11.6 Å². The van der Waals surface area contributed by atoms with E-state index in [-0.39, 0.29) is 6.00 Å². The van der Waals surface area contributed by atoms with Gasteiger partial charge in [0, 0.05) is 5.57 Å². The molecular weight excluding hydrogens is 184 g/mol. The first kappa shape index (κ1) is 11.8. The lowest BCUT2D eigenvalue weighted by atomic mass is 10.2. The van der Waals surface area contributed by atoms with Gasteiger partial charge in [0.25, 0.3) is 0 Å². The van der Waals surface area contributed by atoms with Crippen LogP contribution in [0.2, 0.25) is 0 Å². The van der Waals surface area contributed by atoms with E-state index in [1.165, 1.54) is 0 Å². The van der Waals surface area contributed by atoms with Gasteiger partial charge in [-0.3, -0.25) is 0 Å². The molecule has 0 aromatic carbocycles. The third-order valence-electron chi connectivity index (χ3n) is 1.31. The highest BCUT2D eigenvalue weighted by Crippen LogP contribution is 2.02. The minimum absolute atomic E-state index is 0.176. The molecule has 0 N–H and O–H groups in total. The molecular formula is C10H13ClN2. The zero-order chi connectivity index (χ0) is 10.1. The number of aliphatic imine (C=N–C) groups is 2. The van der Waals surface area contributed by atoms with E-state index in [0.29, 0.717) is 5.84 Å². The fourth-order valence-electron chi connectivity index (χ4n) is 0.723. The summed E-state index contributed by atoms with van der Waals surface area (Å²) in [5.41, 5.74) is 0.814. The molecule has 0 rings (SSSR count). The summed E-state index contributed by atoms with van der Waals surface area (Å²) in [4.78, 5) is 7.69. The summed E-state index contributed by atoms with van der Waals surface area (Å²) in [6.45, 7) is 8.98. The number of hydrogen-bond donors (Lipinski definition) is 0. The summed E-state index contributed by atoms with van der Waals surface area (Å²) in [6.07, 6.45) is 7.31. The zero-order valence-corrected chi connectivity index (χ0v) is 8.46. The molecule has 0 saturated carbocycles. The van der Waals surface area contributed by atoms with Crippen molar-refractivity contribution in [3.05, 3.63) is 36.5 Å². The number of hydrogen-bond acceptors (Lipinski definition) is 1. The van der Waals surface area contributed by atoms with Crippen LogP contribution < -0.4 is 0 Å². The molecule has 0 aliphatic heterocycles. The van der Waals surface area contributed by atoms with Crippen LogP contribution in [-0.4, -0.2) is 18.6 Å². The molecule has 0 aromatic rings. The molecule has 70 valence electrons. The molecule has 0 heterocycles. The highest BCUT2D eigenvalue weighted by molar-refractivity contribution is 6.19. The second-order valence-electron chi connectivity index (χ2n) is 2.11. The van der Waals surface area contributed by atoms with E-state index in [0.717, 1.165) is 5.57 Å². The van der Waals surface area contributed by atoms with Crippen LogP contribution >= 0.6 is 11.6 Å². The van der Waals surface area contributed by atoms with E-state index in [2.05, 4.69) is 23.3 Å². The van der Waals surface area contributed by atoms with Crippen molar-refractivity contribution in [2.75, 3.05) is 6.00 Å². The third-order valence-corrected chi connectivity index (χ3v) is 1.43. The van der Waals surface area contributed by atoms with Crippen molar-refractivity contribution >= 4 is 24.2 Å². The van der Waals surface area contributed by atoms with Crippen LogP contribution in [-0.2, 0) is 0 Å². The summed E-state index contributed by atoms with van der Waals surface area (Å²) < 4.78 is 0. The van der Waals surface area contributed by atoms with Gasteiger partial charge < -0.3 is 0 Å². The van der Waals surface area contributed by atoms with Gasteiger partial charge >= 0.3 is 0 Å². The first-order valence-corrected chi connectivity index (χ1v) is 4.36. The Morgan fingerprint density at radius 2 is 2.23 bits per heavy atom. The summed E-state index contributed by atoms with van der Waals surface area (Å²) in [7, 11) is 0. The highest BCUT2D eigenvalue weighted by atomic mass is 35.5. The lowest BCUT2D eigenvalue weighted by molar-refractivity contribution is 1.33. The molecule has 2 nitrogen and oxygen atoms in total. The summed E-state index contributed by atoms with van der Waals surface area (Å²) in [5, 5.41) is 0. The first-order valence-electron chi connectivity index (χ1n) is 3.83. The second kappa shape index (κ2) is 7.50. The van der Waals surface area contributed by atoms with E-state index in [1.807, 2.05) is 25.2 Å². The summed E-state index contributed by atoms with van der Waals surface area (Å²) >= 11 is 5.46. The summed E-state index contributed by atoms with van der Waals surface area (Å²) in [6, 6.07) is 0.176. The molecule has 0 aliphatic rings. The Bertz CT molecular complexity index is 262. The Morgan fingerprint density at radius 3 is 2.62 bits per heavy atom. The molecule has 0 fully saturated rings. The number of nitrogens with zero attached hydrogens (tertiary/aromatic N) is 2. The maximum atomic E-state index is 5.46. The average molecular weight is 197 g/mol. The Balaban J connectivity index is 4.82. The Hall–Kier alpha value is -1.15. The Labute approximate surface area is 84.0 Å². The van der Waals surface area contributed by atoms with Gasteiger partial charge in [-0.15, -0.1) is 11.6 Å². The predicted molar refractivity (Wildman–Crippen MR) is 60.8 cm³/mol. The maximum absolute atomic E-state index is 5.46. The Kier molecular flexibility index (Phi) is 6.83. The van der Waals surface area contributed by atoms with Gasteiger partial charge in [0.05, 0.1) is 0 Å². The first-order chi connectivity index (χ1) is 6.29. The molecule has 0 unspecified atom stereocenters. The van der Waals surface area contributed by atoms with Gasteiger partial charge in [-0.2, -0.15) is 0 Å². The average Bonchev–Trinajstić information content (AvgIpc) is 2.17. The molecule has 13 heavy (non-hydrogen) atoms. The minimum atomic E-state index is 0.176. The van der Waals surface area contributed by atoms with Gasteiger partial charge in [0.15, 0.2) is 5.84 Å². The quantitative estimate of drug-likeness (QED) is 0.217. The maximum Gasteiger partial charge on any atom is 0.155 e. The molecule has 0 atom stereocenters. The monoisotopic (exact) mass is 196 g/mol. The number of rotatable bonds is 4. The van der Waals surface area contributed by atoms with Crippen LogP contribution in [0.3, 0.4) is 0 Å².